The van der Waals surface area contributed by atoms with E-state index in [1.54, 1.807) is 12.1 Å². The van der Waals surface area contributed by atoms with Crippen molar-refractivity contribution in [3.63, 3.8) is 0 Å². The number of nitrogens with one attached hydrogen (secondary N) is 2. The Morgan fingerprint density at radius 2 is 1.77 bits per heavy atom. The van der Waals surface area contributed by atoms with Crippen molar-refractivity contribution < 1.29 is 19.1 Å². The number of nitrogens with two attached hydrogens (primary N) is 1. The molecule has 0 unspecified atom stereocenters. The van der Waals surface area contributed by atoms with Crippen LogP contribution in [0.2, 0.25) is 0 Å². The Balaban J connectivity index is 1.71. The maximum Gasteiger partial charge on any atom is 0.338 e. The molecule has 7 heteroatoms. The number of hydrogen-bond acceptors (Lipinski definition) is 5. The van der Waals surface area contributed by atoms with Gasteiger partial charge in [-0.3, -0.25) is 10.1 Å². The summed E-state index contributed by atoms with van der Waals surface area (Å²) in [5.74, 6) is -1.31. The predicted octanol–water partition coefficient (Wildman–Crippen LogP) is 1.19. The van der Waals surface area contributed by atoms with Crippen molar-refractivity contribution in [3.8, 4) is 0 Å². The van der Waals surface area contributed by atoms with Gasteiger partial charge in [0.2, 0.25) is 0 Å². The van der Waals surface area contributed by atoms with Crippen LogP contribution in [0.3, 0.4) is 0 Å². The lowest BCUT2D eigenvalue weighted by atomic mass is 10.2. The van der Waals surface area contributed by atoms with Gasteiger partial charge in [0.05, 0.1) is 5.56 Å². The summed E-state index contributed by atoms with van der Waals surface area (Å²) >= 11 is 0. The molecule has 118 valence electrons. The standard InChI is InChI=1S/C15H19N3O4/c16-11-7-5-10(6-8-11)14(20)22-9-13(19)18-15(21)17-12-3-1-2-4-12/h5-8,12H,1-4,9,16H2,(H2,17,18,19,21). The van der Waals surface area contributed by atoms with Crippen LogP contribution >= 0.6 is 0 Å². The van der Waals surface area contributed by atoms with E-state index in [-0.39, 0.29) is 11.6 Å². The van der Waals surface area contributed by atoms with E-state index < -0.39 is 24.5 Å². The molecule has 4 N–H and O–H groups in total. The van der Waals surface area contributed by atoms with Crippen molar-refractivity contribution in [3.05, 3.63) is 29.8 Å². The van der Waals surface area contributed by atoms with Crippen LogP contribution in [-0.4, -0.2) is 30.6 Å². The highest BCUT2D eigenvalue weighted by Crippen LogP contribution is 2.17. The van der Waals surface area contributed by atoms with Crippen LogP contribution in [-0.2, 0) is 9.53 Å². The zero-order chi connectivity index (χ0) is 15.9. The van der Waals surface area contributed by atoms with Crippen molar-refractivity contribution in [1.29, 1.82) is 0 Å². The van der Waals surface area contributed by atoms with E-state index in [9.17, 15) is 14.4 Å². The lowest BCUT2D eigenvalue weighted by Gasteiger charge is -2.12. The summed E-state index contributed by atoms with van der Waals surface area (Å²) in [6.45, 7) is -0.513. The summed E-state index contributed by atoms with van der Waals surface area (Å²) in [4.78, 5) is 34.8. The molecule has 0 spiro atoms. The highest BCUT2D eigenvalue weighted by Gasteiger charge is 2.18. The van der Waals surface area contributed by atoms with Crippen LogP contribution in [0.4, 0.5) is 10.5 Å². The Hall–Kier alpha value is -2.57. The molecule has 0 heterocycles. The number of esters is 1. The number of nitrogen functional groups attached to an aromatic ring is 1. The third-order valence-corrected chi connectivity index (χ3v) is 3.42. The summed E-state index contributed by atoms with van der Waals surface area (Å²) in [5.41, 5.74) is 6.33. The van der Waals surface area contributed by atoms with Gasteiger partial charge in [-0.25, -0.2) is 9.59 Å². The zero-order valence-corrected chi connectivity index (χ0v) is 12.1. The highest BCUT2D eigenvalue weighted by molar-refractivity contribution is 5.97. The zero-order valence-electron chi connectivity index (χ0n) is 12.1. The number of benzene rings is 1. The molecule has 1 fully saturated rings. The summed E-state index contributed by atoms with van der Waals surface area (Å²) < 4.78 is 4.83. The van der Waals surface area contributed by atoms with E-state index in [1.807, 2.05) is 0 Å². The summed E-state index contributed by atoms with van der Waals surface area (Å²) in [6, 6.07) is 5.69. The number of amides is 3. The van der Waals surface area contributed by atoms with E-state index >= 15 is 0 Å². The van der Waals surface area contributed by atoms with Crippen molar-refractivity contribution >= 4 is 23.6 Å². The number of ether oxygens (including phenoxy) is 1. The number of rotatable bonds is 4. The summed E-state index contributed by atoms with van der Waals surface area (Å²) in [6.07, 6.45) is 4.01. The van der Waals surface area contributed by atoms with Crippen molar-refractivity contribution in [2.75, 3.05) is 12.3 Å². The van der Waals surface area contributed by atoms with Gasteiger partial charge in [-0.1, -0.05) is 12.8 Å². The van der Waals surface area contributed by atoms with E-state index in [4.69, 9.17) is 10.5 Å². The second-order valence-corrected chi connectivity index (χ2v) is 5.20. The quantitative estimate of drug-likeness (QED) is 0.571. The van der Waals surface area contributed by atoms with E-state index in [1.165, 1.54) is 12.1 Å². The molecule has 1 aromatic carbocycles. The monoisotopic (exact) mass is 305 g/mol. The van der Waals surface area contributed by atoms with E-state index in [0.717, 1.165) is 25.7 Å². The molecular weight excluding hydrogens is 286 g/mol. The molecule has 7 nitrogen and oxygen atoms in total. The molecule has 0 aromatic heterocycles. The molecule has 0 radical (unpaired) electrons. The fourth-order valence-electron chi connectivity index (χ4n) is 2.29. The maximum absolute atomic E-state index is 11.7. The molecule has 1 aliphatic rings. The number of urea groups is 1. The van der Waals surface area contributed by atoms with Gasteiger partial charge in [-0.05, 0) is 37.1 Å². The number of carbonyl (C=O) groups excluding carboxylic acids is 3. The number of imide groups is 1. The second-order valence-electron chi connectivity index (χ2n) is 5.20. The van der Waals surface area contributed by atoms with Gasteiger partial charge in [0.15, 0.2) is 6.61 Å². The van der Waals surface area contributed by atoms with Gasteiger partial charge in [0.1, 0.15) is 0 Å². The largest absolute Gasteiger partial charge is 0.452 e. The first kappa shape index (κ1) is 15.8. The van der Waals surface area contributed by atoms with Crippen molar-refractivity contribution in [2.45, 2.75) is 31.7 Å². The molecule has 1 aromatic rings. The third kappa shape index (κ3) is 4.76. The minimum Gasteiger partial charge on any atom is -0.452 e. The fourth-order valence-corrected chi connectivity index (χ4v) is 2.29. The third-order valence-electron chi connectivity index (χ3n) is 3.42. The van der Waals surface area contributed by atoms with Gasteiger partial charge >= 0.3 is 12.0 Å². The van der Waals surface area contributed by atoms with Gasteiger partial charge in [0, 0.05) is 11.7 Å². The topological polar surface area (TPSA) is 111 Å². The molecule has 0 bridgehead atoms. The molecule has 0 atom stereocenters. The van der Waals surface area contributed by atoms with Crippen LogP contribution in [0.25, 0.3) is 0 Å². The average Bonchev–Trinajstić information content (AvgIpc) is 2.98. The average molecular weight is 305 g/mol. The molecular formula is C15H19N3O4. The number of anilines is 1. The minimum atomic E-state index is -0.667. The fraction of sp³-hybridized carbons (Fsp3) is 0.400. The van der Waals surface area contributed by atoms with Gasteiger partial charge in [-0.2, -0.15) is 0 Å². The van der Waals surface area contributed by atoms with Crippen LogP contribution in [0.15, 0.2) is 24.3 Å². The van der Waals surface area contributed by atoms with Gasteiger partial charge < -0.3 is 15.8 Å². The Kier molecular flexibility index (Phi) is 5.35. The second kappa shape index (κ2) is 7.44. The number of carbonyl (C=O) groups is 3. The molecule has 1 saturated carbocycles. The van der Waals surface area contributed by atoms with Crippen LogP contribution in [0, 0.1) is 0 Å². The summed E-state index contributed by atoms with van der Waals surface area (Å²) in [7, 11) is 0. The van der Waals surface area contributed by atoms with Crippen molar-refractivity contribution in [2.24, 2.45) is 0 Å². The first-order valence-electron chi connectivity index (χ1n) is 7.17. The van der Waals surface area contributed by atoms with E-state index in [2.05, 4.69) is 10.6 Å². The molecule has 22 heavy (non-hydrogen) atoms. The smallest absolute Gasteiger partial charge is 0.338 e. The normalized spacial score (nSPS) is 14.4. The lowest BCUT2D eigenvalue weighted by Crippen LogP contribution is -2.44. The van der Waals surface area contributed by atoms with E-state index in [0.29, 0.717) is 5.69 Å². The minimum absolute atomic E-state index is 0.116. The Labute approximate surface area is 128 Å². The SMILES string of the molecule is Nc1ccc(C(=O)OCC(=O)NC(=O)NC2CCCC2)cc1. The van der Waals surface area contributed by atoms with Crippen LogP contribution in [0.5, 0.6) is 0 Å². The predicted molar refractivity (Wildman–Crippen MR) is 80.1 cm³/mol. The highest BCUT2D eigenvalue weighted by atomic mass is 16.5. The Morgan fingerprint density at radius 3 is 2.41 bits per heavy atom. The Morgan fingerprint density at radius 1 is 1.14 bits per heavy atom. The molecule has 1 aliphatic carbocycles. The van der Waals surface area contributed by atoms with Gasteiger partial charge in [0.25, 0.3) is 5.91 Å². The summed E-state index contributed by atoms with van der Waals surface area (Å²) in [5, 5.41) is 4.85. The molecule has 3 amide bonds. The van der Waals surface area contributed by atoms with Crippen LogP contribution < -0.4 is 16.4 Å². The molecule has 0 aliphatic heterocycles. The molecule has 2 rings (SSSR count). The van der Waals surface area contributed by atoms with Crippen molar-refractivity contribution in [1.82, 2.24) is 10.6 Å². The number of hydrogen-bond donors (Lipinski definition) is 3. The lowest BCUT2D eigenvalue weighted by molar-refractivity contribution is -0.123. The molecule has 0 saturated heterocycles. The Bertz CT molecular complexity index is 550. The first-order valence-corrected chi connectivity index (χ1v) is 7.17. The van der Waals surface area contributed by atoms with Gasteiger partial charge in [-0.15, -0.1) is 0 Å². The maximum atomic E-state index is 11.7. The first-order chi connectivity index (χ1) is 10.5. The van der Waals surface area contributed by atoms with Crippen LogP contribution in [0.1, 0.15) is 36.0 Å².